The third-order valence-corrected chi connectivity index (χ3v) is 4.51. The van der Waals surface area contributed by atoms with Gasteiger partial charge in [-0.25, -0.2) is 0 Å². The molecule has 1 unspecified atom stereocenters. The predicted molar refractivity (Wildman–Crippen MR) is 89.5 cm³/mol. The van der Waals surface area contributed by atoms with E-state index in [1.165, 1.54) is 11.8 Å². The molecule has 7 nitrogen and oxygen atoms in total. The number of aromatic nitrogens is 3. The molecule has 1 aliphatic heterocycles. The minimum absolute atomic E-state index is 0.188. The van der Waals surface area contributed by atoms with Gasteiger partial charge in [0.1, 0.15) is 0 Å². The largest absolute Gasteiger partial charge is 0.381 e. The maximum atomic E-state index is 12.2. The van der Waals surface area contributed by atoms with Crippen LogP contribution in [0, 0.1) is 0 Å². The van der Waals surface area contributed by atoms with Crippen LogP contribution in [0.25, 0.3) is 0 Å². The summed E-state index contributed by atoms with van der Waals surface area (Å²) in [6.07, 6.45) is 3.12. The Hall–Kier alpha value is -2.25. The van der Waals surface area contributed by atoms with Gasteiger partial charge in [-0.2, -0.15) is 15.4 Å². The first-order valence-corrected chi connectivity index (χ1v) is 8.23. The molecule has 1 atom stereocenters. The van der Waals surface area contributed by atoms with Gasteiger partial charge in [-0.15, -0.1) is 0 Å². The van der Waals surface area contributed by atoms with Gasteiger partial charge in [0.25, 0.3) is 5.91 Å². The van der Waals surface area contributed by atoms with Crippen LogP contribution >= 0.6 is 0 Å². The summed E-state index contributed by atoms with van der Waals surface area (Å²) in [5.74, 6) is -0.219. The normalized spacial score (nSPS) is 18.0. The molecule has 1 aromatic heterocycles. The summed E-state index contributed by atoms with van der Waals surface area (Å²) in [7, 11) is 0. The number of carbonyl (C=O) groups is 1. The molecule has 3 rings (SSSR count). The molecule has 0 saturated carbocycles. The summed E-state index contributed by atoms with van der Waals surface area (Å²) in [4.78, 5) is 12.2. The molecule has 0 bridgehead atoms. The molecular formula is C17H23N5O2. The highest BCUT2D eigenvalue weighted by atomic mass is 16.5. The van der Waals surface area contributed by atoms with E-state index >= 15 is 0 Å². The molecule has 0 radical (unpaired) electrons. The fourth-order valence-electron chi connectivity index (χ4n) is 3.07. The van der Waals surface area contributed by atoms with Crippen molar-refractivity contribution < 1.29 is 9.53 Å². The summed E-state index contributed by atoms with van der Waals surface area (Å²) >= 11 is 0. The molecular weight excluding hydrogens is 306 g/mol. The van der Waals surface area contributed by atoms with Gasteiger partial charge in [0.05, 0.1) is 6.20 Å². The van der Waals surface area contributed by atoms with Crippen molar-refractivity contribution >= 4 is 5.91 Å². The van der Waals surface area contributed by atoms with Gasteiger partial charge in [0.2, 0.25) is 0 Å². The number of rotatable bonds is 6. The Bertz CT molecular complexity index is 638. The van der Waals surface area contributed by atoms with Crippen molar-refractivity contribution in [2.45, 2.75) is 31.3 Å². The maximum absolute atomic E-state index is 12.2. The van der Waals surface area contributed by atoms with E-state index in [9.17, 15) is 4.79 Å². The number of amides is 1. The van der Waals surface area contributed by atoms with Gasteiger partial charge in [-0.3, -0.25) is 4.79 Å². The van der Waals surface area contributed by atoms with Gasteiger partial charge in [0, 0.05) is 31.3 Å². The molecule has 1 aliphatic rings. The lowest BCUT2D eigenvalue weighted by Crippen LogP contribution is -2.57. The van der Waals surface area contributed by atoms with Crippen LogP contribution in [0.5, 0.6) is 0 Å². The number of hydrogen-bond acceptors (Lipinski definition) is 5. The Labute approximate surface area is 141 Å². The molecule has 0 spiro atoms. The topological polar surface area (TPSA) is 91.9 Å². The standard InChI is InChI=1S/C17H23N5O2/c1-13(14-5-3-2-4-6-14)20-17(7-9-24-10-8-17)12-18-16(23)15-11-19-22-21-15/h2-6,11,13,20H,7-10,12H2,1H3,(H,18,23)(H,19,21,22). The number of ether oxygens (including phenoxy) is 1. The van der Waals surface area contributed by atoms with Crippen LogP contribution in [0.3, 0.4) is 0 Å². The summed E-state index contributed by atoms with van der Waals surface area (Å²) < 4.78 is 5.51. The highest BCUT2D eigenvalue weighted by Crippen LogP contribution is 2.25. The summed E-state index contributed by atoms with van der Waals surface area (Å²) in [6, 6.07) is 10.5. The zero-order chi connectivity index (χ0) is 16.8. The molecule has 0 aliphatic carbocycles. The van der Waals surface area contributed by atoms with Crippen LogP contribution in [0.2, 0.25) is 0 Å². The van der Waals surface area contributed by atoms with E-state index in [4.69, 9.17) is 4.74 Å². The van der Waals surface area contributed by atoms with Gasteiger partial charge in [-0.05, 0) is 25.3 Å². The van der Waals surface area contributed by atoms with Crippen molar-refractivity contribution in [3.63, 3.8) is 0 Å². The highest BCUT2D eigenvalue weighted by molar-refractivity contribution is 5.91. The second kappa shape index (κ2) is 7.55. The smallest absolute Gasteiger partial charge is 0.273 e. The fourth-order valence-corrected chi connectivity index (χ4v) is 3.07. The minimum atomic E-state index is -0.219. The highest BCUT2D eigenvalue weighted by Gasteiger charge is 2.34. The van der Waals surface area contributed by atoms with Crippen molar-refractivity contribution in [2.75, 3.05) is 19.8 Å². The predicted octanol–water partition coefficient (Wildman–Crippen LogP) is 1.43. The molecule has 2 aromatic rings. The second-order valence-electron chi connectivity index (χ2n) is 6.21. The van der Waals surface area contributed by atoms with Crippen molar-refractivity contribution in [3.05, 3.63) is 47.8 Å². The van der Waals surface area contributed by atoms with Gasteiger partial charge in [-0.1, -0.05) is 30.3 Å². The molecule has 128 valence electrons. The molecule has 1 amide bonds. The van der Waals surface area contributed by atoms with Crippen LogP contribution < -0.4 is 10.6 Å². The van der Waals surface area contributed by atoms with Crippen molar-refractivity contribution in [3.8, 4) is 0 Å². The van der Waals surface area contributed by atoms with Crippen LogP contribution in [0.1, 0.15) is 41.9 Å². The Balaban J connectivity index is 1.67. The van der Waals surface area contributed by atoms with E-state index in [0.717, 1.165) is 12.8 Å². The lowest BCUT2D eigenvalue weighted by Gasteiger charge is -2.40. The Kier molecular flexibility index (Phi) is 5.22. The van der Waals surface area contributed by atoms with Crippen molar-refractivity contribution in [1.29, 1.82) is 0 Å². The number of hydrogen-bond donors (Lipinski definition) is 3. The summed E-state index contributed by atoms with van der Waals surface area (Å²) in [5, 5.41) is 16.6. The van der Waals surface area contributed by atoms with Crippen LogP contribution in [-0.2, 0) is 4.74 Å². The van der Waals surface area contributed by atoms with E-state index in [1.54, 1.807) is 0 Å². The van der Waals surface area contributed by atoms with E-state index in [1.807, 2.05) is 18.2 Å². The fraction of sp³-hybridized carbons (Fsp3) is 0.471. The number of aromatic amines is 1. The molecule has 2 heterocycles. The maximum Gasteiger partial charge on any atom is 0.273 e. The Morgan fingerprint density at radius 2 is 2.08 bits per heavy atom. The lowest BCUT2D eigenvalue weighted by atomic mass is 9.88. The third-order valence-electron chi connectivity index (χ3n) is 4.51. The zero-order valence-corrected chi connectivity index (χ0v) is 13.8. The average Bonchev–Trinajstić information content (AvgIpc) is 3.16. The second-order valence-corrected chi connectivity index (χ2v) is 6.21. The van der Waals surface area contributed by atoms with Crippen molar-refractivity contribution in [1.82, 2.24) is 26.0 Å². The SMILES string of the molecule is CC(NC1(CNC(=O)c2cn[nH]n2)CCOCC1)c1ccccc1. The van der Waals surface area contributed by atoms with E-state index in [0.29, 0.717) is 25.5 Å². The summed E-state index contributed by atoms with van der Waals surface area (Å²) in [5.41, 5.74) is 1.34. The number of H-pyrrole nitrogens is 1. The third kappa shape index (κ3) is 3.98. The number of nitrogens with zero attached hydrogens (tertiary/aromatic N) is 2. The zero-order valence-electron chi connectivity index (χ0n) is 13.8. The van der Waals surface area contributed by atoms with E-state index < -0.39 is 0 Å². The number of carbonyl (C=O) groups excluding carboxylic acids is 1. The Morgan fingerprint density at radius 1 is 1.33 bits per heavy atom. The molecule has 7 heteroatoms. The molecule has 3 N–H and O–H groups in total. The number of benzene rings is 1. The molecule has 1 fully saturated rings. The monoisotopic (exact) mass is 329 g/mol. The minimum Gasteiger partial charge on any atom is -0.381 e. The first kappa shape index (κ1) is 16.6. The number of nitrogens with one attached hydrogen (secondary N) is 3. The average molecular weight is 329 g/mol. The van der Waals surface area contributed by atoms with E-state index in [-0.39, 0.29) is 17.5 Å². The van der Waals surface area contributed by atoms with Gasteiger partial charge < -0.3 is 15.4 Å². The van der Waals surface area contributed by atoms with Gasteiger partial charge >= 0.3 is 0 Å². The first-order valence-electron chi connectivity index (χ1n) is 8.23. The van der Waals surface area contributed by atoms with Crippen LogP contribution in [-0.4, -0.2) is 46.6 Å². The molecule has 24 heavy (non-hydrogen) atoms. The molecule has 1 aromatic carbocycles. The van der Waals surface area contributed by atoms with Crippen LogP contribution in [0.15, 0.2) is 36.5 Å². The summed E-state index contributed by atoms with van der Waals surface area (Å²) in [6.45, 7) is 4.05. The van der Waals surface area contributed by atoms with Crippen LogP contribution in [0.4, 0.5) is 0 Å². The first-order chi connectivity index (χ1) is 11.7. The quantitative estimate of drug-likeness (QED) is 0.746. The molecule has 1 saturated heterocycles. The van der Waals surface area contributed by atoms with Crippen molar-refractivity contribution in [2.24, 2.45) is 0 Å². The lowest BCUT2D eigenvalue weighted by molar-refractivity contribution is 0.0332. The van der Waals surface area contributed by atoms with E-state index in [2.05, 4.69) is 45.1 Å². The Morgan fingerprint density at radius 3 is 2.75 bits per heavy atom. The van der Waals surface area contributed by atoms with Gasteiger partial charge in [0.15, 0.2) is 5.69 Å².